The molecule has 0 saturated heterocycles. The zero-order valence-electron chi connectivity index (χ0n) is 17.2. The minimum atomic E-state index is -0.879. The minimum absolute atomic E-state index is 0.00276. The quantitative estimate of drug-likeness (QED) is 0.581. The van der Waals surface area contributed by atoms with E-state index in [9.17, 15) is 14.7 Å². The molecule has 1 aromatic carbocycles. The van der Waals surface area contributed by atoms with E-state index in [2.05, 4.69) is 4.98 Å². The number of pyridine rings is 1. The minimum Gasteiger partial charge on any atom is -0.503 e. The van der Waals surface area contributed by atoms with Crippen LogP contribution in [-0.2, 0) is 4.79 Å². The Morgan fingerprint density at radius 2 is 1.87 bits per heavy atom. The standard InChI is InChI=1S/C23H20N2O5S/c1-13-6-4-8-18(24-13)25-20(14-9-10-15(29-2)16(12-14)30-3)19(22(27)23(25)28)21(26)17-7-5-11-31-17/h4-12,20,27H,1-3H3/t20-/m1/s1. The van der Waals surface area contributed by atoms with E-state index < -0.39 is 23.5 Å². The molecule has 3 aromatic rings. The van der Waals surface area contributed by atoms with E-state index in [0.29, 0.717) is 33.5 Å². The predicted octanol–water partition coefficient (Wildman–Crippen LogP) is 4.25. The number of hydrogen-bond acceptors (Lipinski definition) is 7. The van der Waals surface area contributed by atoms with E-state index in [0.717, 1.165) is 0 Å². The van der Waals surface area contributed by atoms with E-state index in [1.165, 1.54) is 30.5 Å². The lowest BCUT2D eigenvalue weighted by Crippen LogP contribution is -2.31. The summed E-state index contributed by atoms with van der Waals surface area (Å²) in [6, 6.07) is 12.9. The van der Waals surface area contributed by atoms with Crippen LogP contribution in [0, 0.1) is 6.92 Å². The van der Waals surface area contributed by atoms with Gasteiger partial charge in [0, 0.05) is 5.69 Å². The largest absolute Gasteiger partial charge is 0.503 e. The lowest BCUT2D eigenvalue weighted by atomic mass is 9.95. The number of nitrogens with zero attached hydrogens (tertiary/aromatic N) is 2. The monoisotopic (exact) mass is 436 g/mol. The molecule has 8 heteroatoms. The van der Waals surface area contributed by atoms with Crippen LogP contribution in [0.15, 0.2) is 65.2 Å². The smallest absolute Gasteiger partial charge is 0.295 e. The molecule has 0 aliphatic carbocycles. The Labute approximate surface area is 183 Å². The fraction of sp³-hybridized carbons (Fsp3) is 0.174. The Hall–Kier alpha value is -3.65. The van der Waals surface area contributed by atoms with Gasteiger partial charge in [-0.05, 0) is 48.2 Å². The predicted molar refractivity (Wildman–Crippen MR) is 117 cm³/mol. The number of amides is 1. The zero-order valence-corrected chi connectivity index (χ0v) is 18.0. The van der Waals surface area contributed by atoms with Gasteiger partial charge in [-0.15, -0.1) is 11.3 Å². The molecule has 1 N–H and O–H groups in total. The zero-order chi connectivity index (χ0) is 22.1. The van der Waals surface area contributed by atoms with Gasteiger partial charge in [0.25, 0.3) is 5.91 Å². The average molecular weight is 436 g/mol. The molecule has 7 nitrogen and oxygen atoms in total. The first-order valence-corrected chi connectivity index (χ1v) is 10.3. The number of aryl methyl sites for hydroxylation is 1. The number of rotatable bonds is 6. The second-order valence-electron chi connectivity index (χ2n) is 6.90. The molecule has 0 saturated carbocycles. The van der Waals surface area contributed by atoms with Crippen LogP contribution in [0.25, 0.3) is 0 Å². The van der Waals surface area contributed by atoms with E-state index in [1.54, 1.807) is 60.8 Å². The van der Waals surface area contributed by atoms with Crippen molar-refractivity contribution >= 4 is 28.8 Å². The third kappa shape index (κ3) is 3.55. The average Bonchev–Trinajstić information content (AvgIpc) is 3.40. The summed E-state index contributed by atoms with van der Waals surface area (Å²) in [7, 11) is 3.03. The first-order valence-electron chi connectivity index (χ1n) is 9.46. The summed E-state index contributed by atoms with van der Waals surface area (Å²) in [5, 5.41) is 12.5. The molecule has 2 aromatic heterocycles. The molecule has 4 rings (SSSR count). The van der Waals surface area contributed by atoms with Crippen molar-refractivity contribution in [1.82, 2.24) is 4.98 Å². The van der Waals surface area contributed by atoms with Crippen molar-refractivity contribution in [2.45, 2.75) is 13.0 Å². The molecule has 0 radical (unpaired) electrons. The van der Waals surface area contributed by atoms with Gasteiger partial charge in [0.2, 0.25) is 5.78 Å². The number of carbonyl (C=O) groups is 2. The number of aliphatic hydroxyl groups is 1. The second-order valence-corrected chi connectivity index (χ2v) is 7.85. The number of carbonyl (C=O) groups excluding carboxylic acids is 2. The molecule has 1 amide bonds. The summed E-state index contributed by atoms with van der Waals surface area (Å²) in [6.07, 6.45) is 0. The number of hydrogen-bond donors (Lipinski definition) is 1. The highest BCUT2D eigenvalue weighted by Crippen LogP contribution is 2.43. The number of benzene rings is 1. The number of aliphatic hydroxyl groups excluding tert-OH is 1. The van der Waals surface area contributed by atoms with Crippen LogP contribution in [0.2, 0.25) is 0 Å². The summed E-state index contributed by atoms with van der Waals surface area (Å²) in [5.74, 6) is -0.380. The molecule has 1 aliphatic rings. The van der Waals surface area contributed by atoms with Gasteiger partial charge in [-0.3, -0.25) is 14.5 Å². The van der Waals surface area contributed by atoms with Gasteiger partial charge in [-0.25, -0.2) is 4.98 Å². The summed E-state index contributed by atoms with van der Waals surface area (Å²) < 4.78 is 10.7. The van der Waals surface area contributed by atoms with Crippen molar-refractivity contribution < 1.29 is 24.2 Å². The van der Waals surface area contributed by atoms with Gasteiger partial charge in [0.05, 0.1) is 30.7 Å². The van der Waals surface area contributed by atoms with Gasteiger partial charge >= 0.3 is 0 Å². The van der Waals surface area contributed by atoms with Crippen molar-refractivity contribution in [2.24, 2.45) is 0 Å². The Kier molecular flexibility index (Phi) is 5.48. The van der Waals surface area contributed by atoms with Gasteiger partial charge < -0.3 is 14.6 Å². The SMILES string of the molecule is COc1ccc([C@@H]2C(C(=O)c3cccs3)=C(O)C(=O)N2c2cccc(C)n2)cc1OC. The van der Waals surface area contributed by atoms with Crippen molar-refractivity contribution in [3.05, 3.63) is 81.4 Å². The Morgan fingerprint density at radius 3 is 2.52 bits per heavy atom. The third-order valence-corrected chi connectivity index (χ3v) is 5.91. The molecule has 1 atom stereocenters. The summed E-state index contributed by atoms with van der Waals surface area (Å²) in [4.78, 5) is 32.7. The topological polar surface area (TPSA) is 89.0 Å². The van der Waals surface area contributed by atoms with E-state index in [1.807, 2.05) is 0 Å². The molecular weight excluding hydrogens is 416 g/mol. The number of methoxy groups -OCH3 is 2. The van der Waals surface area contributed by atoms with Gasteiger partial charge in [-0.1, -0.05) is 18.2 Å². The molecule has 0 spiro atoms. The highest BCUT2D eigenvalue weighted by atomic mass is 32.1. The Morgan fingerprint density at radius 1 is 1.10 bits per heavy atom. The summed E-state index contributed by atoms with van der Waals surface area (Å²) in [5.41, 5.74) is 1.29. The van der Waals surface area contributed by atoms with Crippen LogP contribution in [0.5, 0.6) is 11.5 Å². The van der Waals surface area contributed by atoms with Crippen LogP contribution in [0.1, 0.15) is 27.0 Å². The van der Waals surface area contributed by atoms with Gasteiger partial charge in [-0.2, -0.15) is 0 Å². The molecule has 3 heterocycles. The normalized spacial score (nSPS) is 16.0. The maximum absolute atomic E-state index is 13.3. The summed E-state index contributed by atoms with van der Waals surface area (Å²) >= 11 is 1.25. The summed E-state index contributed by atoms with van der Waals surface area (Å²) in [6.45, 7) is 1.81. The van der Waals surface area contributed by atoms with Gasteiger partial charge in [0.1, 0.15) is 5.82 Å². The molecular formula is C23H20N2O5S. The Balaban J connectivity index is 1.91. The first-order chi connectivity index (χ1) is 15.0. The molecule has 1 aliphatic heterocycles. The van der Waals surface area contributed by atoms with Crippen LogP contribution in [0.4, 0.5) is 5.82 Å². The first kappa shape index (κ1) is 20.6. The second kappa shape index (κ2) is 8.23. The van der Waals surface area contributed by atoms with Crippen molar-refractivity contribution in [1.29, 1.82) is 0 Å². The van der Waals surface area contributed by atoms with Crippen molar-refractivity contribution in [3.8, 4) is 11.5 Å². The van der Waals surface area contributed by atoms with E-state index in [-0.39, 0.29) is 5.57 Å². The fourth-order valence-corrected chi connectivity index (χ4v) is 4.29. The number of ether oxygens (including phenoxy) is 2. The number of Topliss-reactive ketones (excluding diaryl/α,β-unsaturated/α-hetero) is 1. The lowest BCUT2D eigenvalue weighted by molar-refractivity contribution is -0.117. The maximum atomic E-state index is 13.3. The van der Waals surface area contributed by atoms with Crippen LogP contribution < -0.4 is 14.4 Å². The highest BCUT2D eigenvalue weighted by Gasteiger charge is 2.45. The van der Waals surface area contributed by atoms with Crippen LogP contribution >= 0.6 is 11.3 Å². The molecule has 0 unspecified atom stereocenters. The lowest BCUT2D eigenvalue weighted by Gasteiger charge is -2.26. The highest BCUT2D eigenvalue weighted by molar-refractivity contribution is 7.12. The number of aromatic nitrogens is 1. The molecule has 0 fully saturated rings. The number of ketones is 1. The molecule has 31 heavy (non-hydrogen) atoms. The van der Waals surface area contributed by atoms with Crippen molar-refractivity contribution in [2.75, 3.05) is 19.1 Å². The molecule has 0 bridgehead atoms. The van der Waals surface area contributed by atoms with E-state index >= 15 is 0 Å². The Bertz CT molecular complexity index is 1190. The fourth-order valence-electron chi connectivity index (χ4n) is 3.62. The molecule has 158 valence electrons. The van der Waals surface area contributed by atoms with E-state index in [4.69, 9.17) is 9.47 Å². The number of thiophene rings is 1. The third-order valence-electron chi connectivity index (χ3n) is 5.04. The number of anilines is 1. The van der Waals surface area contributed by atoms with Gasteiger partial charge in [0.15, 0.2) is 17.3 Å². The van der Waals surface area contributed by atoms with Crippen LogP contribution in [-0.4, -0.2) is 36.0 Å². The maximum Gasteiger partial charge on any atom is 0.295 e. The van der Waals surface area contributed by atoms with Crippen molar-refractivity contribution in [3.63, 3.8) is 0 Å². The van der Waals surface area contributed by atoms with Crippen LogP contribution in [0.3, 0.4) is 0 Å².